The van der Waals surface area contributed by atoms with Crippen molar-refractivity contribution in [3.63, 3.8) is 0 Å². The number of hydrogen-bond acceptors (Lipinski definition) is 1. The van der Waals surface area contributed by atoms with Crippen LogP contribution in [-0.2, 0) is 4.79 Å². The Labute approximate surface area is 122 Å². The molecular weight excluding hydrogens is 345 g/mol. The fourth-order valence-corrected chi connectivity index (χ4v) is 1.59. The molecule has 0 radical (unpaired) electrons. The Morgan fingerprint density at radius 3 is 1.83 bits per heavy atom. The standard InChI is InChI=1S/C12H6F9NO/c1-2-10(11(16,17)18,12(19,20)21)9(23)22-6-4-3-5(13)7(14)8(6)15/h2-4H,1H2,(H,22,23). The van der Waals surface area contributed by atoms with Crippen LogP contribution in [0.4, 0.5) is 45.2 Å². The fourth-order valence-electron chi connectivity index (χ4n) is 1.59. The predicted octanol–water partition coefficient (Wildman–Crippen LogP) is 4.34. The molecule has 23 heavy (non-hydrogen) atoms. The number of nitrogens with one attached hydrogen (secondary N) is 1. The van der Waals surface area contributed by atoms with Crippen LogP contribution < -0.4 is 5.32 Å². The zero-order chi connectivity index (χ0) is 18.2. The molecule has 1 amide bonds. The smallest absolute Gasteiger partial charge is 0.322 e. The van der Waals surface area contributed by atoms with Crippen LogP contribution in [0.15, 0.2) is 24.8 Å². The lowest BCUT2D eigenvalue weighted by Gasteiger charge is -2.33. The third-order valence-corrected chi connectivity index (χ3v) is 2.84. The van der Waals surface area contributed by atoms with Crippen LogP contribution in [-0.4, -0.2) is 18.3 Å². The van der Waals surface area contributed by atoms with E-state index < -0.39 is 52.9 Å². The van der Waals surface area contributed by atoms with Gasteiger partial charge in [0.15, 0.2) is 17.5 Å². The summed E-state index contributed by atoms with van der Waals surface area (Å²) in [6.07, 6.45) is -13.0. The molecule has 11 heteroatoms. The van der Waals surface area contributed by atoms with E-state index in [0.29, 0.717) is 0 Å². The normalized spacial score (nSPS) is 12.9. The summed E-state index contributed by atoms with van der Waals surface area (Å²) in [4.78, 5) is 11.5. The number of amides is 1. The van der Waals surface area contributed by atoms with Crippen molar-refractivity contribution in [2.45, 2.75) is 12.4 Å². The zero-order valence-electron chi connectivity index (χ0n) is 10.7. The van der Waals surface area contributed by atoms with Crippen LogP contribution in [0.25, 0.3) is 0 Å². The largest absolute Gasteiger partial charge is 0.415 e. The molecule has 0 bridgehead atoms. The van der Waals surface area contributed by atoms with E-state index in [1.807, 2.05) is 0 Å². The minimum Gasteiger partial charge on any atom is -0.322 e. The Balaban J connectivity index is 3.40. The summed E-state index contributed by atoms with van der Waals surface area (Å²) in [5, 5.41) is 0.951. The lowest BCUT2D eigenvalue weighted by atomic mass is 9.85. The van der Waals surface area contributed by atoms with Gasteiger partial charge in [0, 0.05) is 0 Å². The number of anilines is 1. The summed E-state index contributed by atoms with van der Waals surface area (Å²) >= 11 is 0. The summed E-state index contributed by atoms with van der Waals surface area (Å²) in [5.41, 5.74) is -6.45. The second kappa shape index (κ2) is 5.78. The van der Waals surface area contributed by atoms with E-state index in [1.54, 1.807) is 0 Å². The molecule has 0 aliphatic carbocycles. The maximum Gasteiger partial charge on any atom is 0.415 e. The molecule has 0 unspecified atom stereocenters. The van der Waals surface area contributed by atoms with Gasteiger partial charge in [0.25, 0.3) is 11.3 Å². The van der Waals surface area contributed by atoms with E-state index in [9.17, 15) is 44.3 Å². The van der Waals surface area contributed by atoms with E-state index in [0.717, 1.165) is 5.32 Å². The lowest BCUT2D eigenvalue weighted by Crippen LogP contribution is -2.56. The van der Waals surface area contributed by atoms with Gasteiger partial charge in [0.05, 0.1) is 5.69 Å². The number of rotatable bonds is 3. The molecular formula is C12H6F9NO. The number of alkyl halides is 6. The van der Waals surface area contributed by atoms with Crippen LogP contribution in [0.2, 0.25) is 0 Å². The van der Waals surface area contributed by atoms with Crippen molar-refractivity contribution >= 4 is 11.6 Å². The number of carbonyl (C=O) groups is 1. The molecule has 1 aromatic carbocycles. The molecule has 1 rings (SSSR count). The van der Waals surface area contributed by atoms with Crippen molar-refractivity contribution in [2.75, 3.05) is 5.32 Å². The molecule has 0 saturated carbocycles. The van der Waals surface area contributed by atoms with E-state index in [4.69, 9.17) is 0 Å². The number of halogens is 9. The molecule has 2 nitrogen and oxygen atoms in total. The third-order valence-electron chi connectivity index (χ3n) is 2.84. The van der Waals surface area contributed by atoms with Crippen molar-refractivity contribution in [1.82, 2.24) is 0 Å². The first-order valence-corrected chi connectivity index (χ1v) is 5.51. The summed E-state index contributed by atoms with van der Waals surface area (Å²) < 4.78 is 116. The van der Waals surface area contributed by atoms with Crippen LogP contribution in [0.1, 0.15) is 0 Å². The third kappa shape index (κ3) is 2.99. The highest BCUT2D eigenvalue weighted by atomic mass is 19.4. The van der Waals surface area contributed by atoms with E-state index >= 15 is 0 Å². The zero-order valence-corrected chi connectivity index (χ0v) is 10.7. The predicted molar refractivity (Wildman–Crippen MR) is 59.7 cm³/mol. The van der Waals surface area contributed by atoms with Crippen molar-refractivity contribution in [3.8, 4) is 0 Å². The van der Waals surface area contributed by atoms with E-state index in [-0.39, 0.29) is 12.1 Å². The average Bonchev–Trinajstić information content (AvgIpc) is 2.37. The van der Waals surface area contributed by atoms with Gasteiger partial charge in [-0.3, -0.25) is 4.79 Å². The number of hydrogen-bond donors (Lipinski definition) is 1. The Hall–Kier alpha value is -2.20. The van der Waals surface area contributed by atoms with Gasteiger partial charge in [0.2, 0.25) is 0 Å². The van der Waals surface area contributed by atoms with Crippen LogP contribution >= 0.6 is 0 Å². The number of carbonyl (C=O) groups excluding carboxylic acids is 1. The summed E-state index contributed by atoms with van der Waals surface area (Å²) in [5.74, 6) is -8.84. The highest BCUT2D eigenvalue weighted by Gasteiger charge is 2.73. The summed E-state index contributed by atoms with van der Waals surface area (Å²) in [6, 6.07) is 0.483. The first kappa shape index (κ1) is 18.8. The summed E-state index contributed by atoms with van der Waals surface area (Å²) in [7, 11) is 0. The van der Waals surface area contributed by atoms with E-state index in [2.05, 4.69) is 6.58 Å². The SMILES string of the molecule is C=CC(C(=O)Nc1ccc(F)c(F)c1F)(C(F)(F)F)C(F)(F)F. The van der Waals surface area contributed by atoms with Gasteiger partial charge in [-0.05, 0) is 12.1 Å². The molecule has 0 aliphatic rings. The first-order valence-electron chi connectivity index (χ1n) is 5.51. The molecule has 0 atom stereocenters. The van der Waals surface area contributed by atoms with Crippen molar-refractivity contribution < 1.29 is 44.3 Å². The van der Waals surface area contributed by atoms with Crippen molar-refractivity contribution in [3.05, 3.63) is 42.2 Å². The molecule has 1 aromatic rings. The molecule has 128 valence electrons. The maximum atomic E-state index is 13.3. The molecule has 0 heterocycles. The van der Waals surface area contributed by atoms with Crippen molar-refractivity contribution in [2.24, 2.45) is 5.41 Å². The van der Waals surface area contributed by atoms with Gasteiger partial charge >= 0.3 is 12.4 Å². The van der Waals surface area contributed by atoms with Gasteiger partial charge < -0.3 is 5.32 Å². The Morgan fingerprint density at radius 1 is 0.957 bits per heavy atom. The fraction of sp³-hybridized carbons (Fsp3) is 0.250. The van der Waals surface area contributed by atoms with Crippen LogP contribution in [0.3, 0.4) is 0 Å². The van der Waals surface area contributed by atoms with Crippen molar-refractivity contribution in [1.29, 1.82) is 0 Å². The van der Waals surface area contributed by atoms with Gasteiger partial charge in [-0.25, -0.2) is 13.2 Å². The van der Waals surface area contributed by atoms with Gasteiger partial charge in [-0.2, -0.15) is 26.3 Å². The second-order valence-corrected chi connectivity index (χ2v) is 4.18. The molecule has 0 aliphatic heterocycles. The van der Waals surface area contributed by atoms with Gasteiger partial charge in [-0.1, -0.05) is 6.08 Å². The Bertz CT molecular complexity index is 619. The highest BCUT2D eigenvalue weighted by Crippen LogP contribution is 2.51. The second-order valence-electron chi connectivity index (χ2n) is 4.18. The van der Waals surface area contributed by atoms with Crippen LogP contribution in [0.5, 0.6) is 0 Å². The topological polar surface area (TPSA) is 29.1 Å². The molecule has 0 saturated heterocycles. The first-order chi connectivity index (χ1) is 10.3. The highest BCUT2D eigenvalue weighted by molar-refractivity contribution is 5.98. The molecule has 0 spiro atoms. The van der Waals surface area contributed by atoms with Crippen LogP contribution in [0, 0.1) is 22.9 Å². The summed E-state index contributed by atoms with van der Waals surface area (Å²) in [6.45, 7) is 2.35. The average molecular weight is 351 g/mol. The Kier molecular flexibility index (Phi) is 4.74. The lowest BCUT2D eigenvalue weighted by molar-refractivity contribution is -0.305. The van der Waals surface area contributed by atoms with Gasteiger partial charge in [-0.15, -0.1) is 6.58 Å². The minimum atomic E-state index is -6.16. The monoisotopic (exact) mass is 351 g/mol. The quantitative estimate of drug-likeness (QED) is 0.490. The minimum absolute atomic E-state index is 0.213. The van der Waals surface area contributed by atoms with Gasteiger partial charge in [0.1, 0.15) is 0 Å². The maximum absolute atomic E-state index is 13.3. The Morgan fingerprint density at radius 2 is 1.43 bits per heavy atom. The molecule has 0 fully saturated rings. The molecule has 1 N–H and O–H groups in total. The molecule has 0 aromatic heterocycles. The number of benzene rings is 1. The van der Waals surface area contributed by atoms with E-state index in [1.165, 1.54) is 0 Å².